The molecule has 0 bridgehead atoms. The zero-order chi connectivity index (χ0) is 13.9. The van der Waals surface area contributed by atoms with Crippen LogP contribution in [-0.4, -0.2) is 34.7 Å². The van der Waals surface area contributed by atoms with Crippen molar-refractivity contribution < 1.29 is 9.53 Å². The fourth-order valence-corrected chi connectivity index (χ4v) is 2.56. The van der Waals surface area contributed by atoms with Gasteiger partial charge in [0.25, 0.3) is 0 Å². The van der Waals surface area contributed by atoms with E-state index in [1.807, 2.05) is 29.2 Å². The number of para-hydroxylation sites is 1. The summed E-state index contributed by atoms with van der Waals surface area (Å²) in [6.45, 7) is 1.38. The first-order valence-corrected chi connectivity index (χ1v) is 6.68. The topological polar surface area (TPSA) is 58.2 Å². The van der Waals surface area contributed by atoms with Gasteiger partial charge < -0.3 is 9.64 Å². The van der Waals surface area contributed by atoms with Crippen LogP contribution in [0.2, 0.25) is 0 Å². The van der Waals surface area contributed by atoms with E-state index >= 15 is 0 Å². The van der Waals surface area contributed by atoms with Crippen molar-refractivity contribution in [2.75, 3.05) is 13.7 Å². The minimum atomic E-state index is 0.126. The van der Waals surface area contributed by atoms with Crippen LogP contribution in [-0.2, 0) is 24.2 Å². The van der Waals surface area contributed by atoms with Crippen LogP contribution in [0, 0.1) is 0 Å². The fraction of sp³-hybridized carbons (Fsp3) is 0.333. The smallest absolute Gasteiger partial charge is 0.227 e. The van der Waals surface area contributed by atoms with Gasteiger partial charge in [-0.15, -0.1) is 0 Å². The van der Waals surface area contributed by atoms with Gasteiger partial charge in [-0.2, -0.15) is 5.10 Å². The van der Waals surface area contributed by atoms with Gasteiger partial charge in [0.15, 0.2) is 0 Å². The van der Waals surface area contributed by atoms with E-state index in [-0.39, 0.29) is 5.91 Å². The molecule has 1 aliphatic heterocycles. The number of rotatable bonds is 3. The lowest BCUT2D eigenvalue weighted by atomic mass is 10.1. The molecule has 2 heterocycles. The van der Waals surface area contributed by atoms with Crippen molar-refractivity contribution in [3.05, 3.63) is 47.3 Å². The normalized spacial score (nSPS) is 13.9. The SMILES string of the molecule is COc1ccccc1CC(=O)N1CCc2[nH]ncc2C1. The zero-order valence-corrected chi connectivity index (χ0v) is 11.4. The van der Waals surface area contributed by atoms with E-state index < -0.39 is 0 Å². The van der Waals surface area contributed by atoms with Gasteiger partial charge in [0.1, 0.15) is 5.75 Å². The molecule has 104 valence electrons. The maximum Gasteiger partial charge on any atom is 0.227 e. The van der Waals surface area contributed by atoms with E-state index in [9.17, 15) is 4.79 Å². The highest BCUT2D eigenvalue weighted by molar-refractivity contribution is 5.79. The molecule has 1 aromatic carbocycles. The summed E-state index contributed by atoms with van der Waals surface area (Å²) < 4.78 is 5.29. The number of amides is 1. The third-order valence-electron chi connectivity index (χ3n) is 3.69. The van der Waals surface area contributed by atoms with Crippen molar-refractivity contribution in [2.45, 2.75) is 19.4 Å². The molecule has 1 N–H and O–H groups in total. The molecule has 1 amide bonds. The summed E-state index contributed by atoms with van der Waals surface area (Å²) >= 11 is 0. The molecule has 2 aromatic rings. The average Bonchev–Trinajstić information content (AvgIpc) is 2.95. The van der Waals surface area contributed by atoms with Crippen LogP contribution in [0.1, 0.15) is 16.8 Å². The minimum Gasteiger partial charge on any atom is -0.496 e. The number of fused-ring (bicyclic) bond motifs is 1. The Morgan fingerprint density at radius 3 is 3.15 bits per heavy atom. The van der Waals surface area contributed by atoms with Crippen LogP contribution in [0.15, 0.2) is 30.5 Å². The standard InChI is InChI=1S/C15H17N3O2/c1-20-14-5-3-2-4-11(14)8-15(19)18-7-6-13-12(10-18)9-16-17-13/h2-5,9H,6-8,10H2,1H3,(H,16,17). The number of methoxy groups -OCH3 is 1. The number of benzene rings is 1. The predicted molar refractivity (Wildman–Crippen MR) is 74.4 cm³/mol. The molecule has 0 atom stereocenters. The van der Waals surface area contributed by atoms with Crippen molar-refractivity contribution >= 4 is 5.91 Å². The Bertz CT molecular complexity index is 621. The van der Waals surface area contributed by atoms with Crippen LogP contribution in [0.5, 0.6) is 5.75 Å². The lowest BCUT2D eigenvalue weighted by Gasteiger charge is -2.26. The number of aromatic nitrogens is 2. The summed E-state index contributed by atoms with van der Waals surface area (Å²) in [6.07, 6.45) is 3.02. The molecule has 5 nitrogen and oxygen atoms in total. The van der Waals surface area contributed by atoms with Crippen molar-refractivity contribution in [3.8, 4) is 5.75 Å². The molecule has 0 aliphatic carbocycles. The number of ether oxygens (including phenoxy) is 1. The quantitative estimate of drug-likeness (QED) is 0.921. The summed E-state index contributed by atoms with van der Waals surface area (Å²) in [6, 6.07) is 7.65. The summed E-state index contributed by atoms with van der Waals surface area (Å²) in [5, 5.41) is 7.00. The second-order valence-corrected chi connectivity index (χ2v) is 4.93. The molecule has 3 rings (SSSR count). The lowest BCUT2D eigenvalue weighted by molar-refractivity contribution is -0.131. The van der Waals surface area contributed by atoms with Gasteiger partial charge in [-0.1, -0.05) is 18.2 Å². The lowest BCUT2D eigenvalue weighted by Crippen LogP contribution is -2.36. The van der Waals surface area contributed by atoms with Gasteiger partial charge in [0, 0.05) is 36.3 Å². The van der Waals surface area contributed by atoms with E-state index in [4.69, 9.17) is 4.74 Å². The van der Waals surface area contributed by atoms with Gasteiger partial charge in [0.05, 0.1) is 19.7 Å². The Hall–Kier alpha value is -2.30. The number of H-pyrrole nitrogens is 1. The van der Waals surface area contributed by atoms with Crippen LogP contribution in [0.25, 0.3) is 0 Å². The second kappa shape index (κ2) is 5.36. The third kappa shape index (κ3) is 2.39. The maximum atomic E-state index is 12.4. The highest BCUT2D eigenvalue weighted by Crippen LogP contribution is 2.21. The molecule has 0 spiro atoms. The summed E-state index contributed by atoms with van der Waals surface area (Å²) in [5.41, 5.74) is 3.19. The van der Waals surface area contributed by atoms with E-state index in [0.717, 1.165) is 35.5 Å². The van der Waals surface area contributed by atoms with Crippen molar-refractivity contribution in [1.82, 2.24) is 15.1 Å². The fourth-order valence-electron chi connectivity index (χ4n) is 2.56. The molecule has 0 unspecified atom stereocenters. The van der Waals surface area contributed by atoms with E-state index in [1.54, 1.807) is 13.3 Å². The molecule has 0 fully saturated rings. The number of aromatic amines is 1. The van der Waals surface area contributed by atoms with Gasteiger partial charge in [-0.3, -0.25) is 9.89 Å². The van der Waals surface area contributed by atoms with E-state index in [1.165, 1.54) is 0 Å². The largest absolute Gasteiger partial charge is 0.496 e. The summed E-state index contributed by atoms with van der Waals surface area (Å²) in [5.74, 6) is 0.892. The molecular weight excluding hydrogens is 254 g/mol. The monoisotopic (exact) mass is 271 g/mol. The number of carbonyl (C=O) groups is 1. The summed E-state index contributed by atoms with van der Waals surface area (Å²) in [7, 11) is 1.63. The van der Waals surface area contributed by atoms with Gasteiger partial charge >= 0.3 is 0 Å². The Kier molecular flexibility index (Phi) is 3.41. The van der Waals surface area contributed by atoms with Crippen LogP contribution < -0.4 is 4.74 Å². The molecule has 5 heteroatoms. The van der Waals surface area contributed by atoms with Crippen LogP contribution >= 0.6 is 0 Å². The predicted octanol–water partition coefficient (Wildman–Crippen LogP) is 1.55. The van der Waals surface area contributed by atoms with Gasteiger partial charge in [-0.25, -0.2) is 0 Å². The third-order valence-corrected chi connectivity index (χ3v) is 3.69. The first-order valence-electron chi connectivity index (χ1n) is 6.68. The Labute approximate surface area is 117 Å². The highest BCUT2D eigenvalue weighted by atomic mass is 16.5. The highest BCUT2D eigenvalue weighted by Gasteiger charge is 2.22. The zero-order valence-electron chi connectivity index (χ0n) is 11.4. The number of nitrogens with zero attached hydrogens (tertiary/aromatic N) is 2. The Morgan fingerprint density at radius 2 is 2.30 bits per heavy atom. The molecule has 1 aliphatic rings. The molecule has 20 heavy (non-hydrogen) atoms. The first kappa shape index (κ1) is 12.7. The first-order chi connectivity index (χ1) is 9.78. The van der Waals surface area contributed by atoms with Crippen molar-refractivity contribution in [2.24, 2.45) is 0 Å². The average molecular weight is 271 g/mol. The van der Waals surface area contributed by atoms with E-state index in [2.05, 4.69) is 10.2 Å². The van der Waals surface area contributed by atoms with Gasteiger partial charge in [0.2, 0.25) is 5.91 Å². The minimum absolute atomic E-state index is 0.126. The molecule has 0 saturated heterocycles. The molecule has 0 saturated carbocycles. The van der Waals surface area contributed by atoms with E-state index in [0.29, 0.717) is 13.0 Å². The Morgan fingerprint density at radius 1 is 1.45 bits per heavy atom. The number of hydrogen-bond donors (Lipinski definition) is 1. The maximum absolute atomic E-state index is 12.4. The number of hydrogen-bond acceptors (Lipinski definition) is 3. The van der Waals surface area contributed by atoms with Crippen molar-refractivity contribution in [3.63, 3.8) is 0 Å². The Balaban J connectivity index is 1.71. The second-order valence-electron chi connectivity index (χ2n) is 4.93. The van der Waals surface area contributed by atoms with Crippen LogP contribution in [0.4, 0.5) is 0 Å². The van der Waals surface area contributed by atoms with Crippen LogP contribution in [0.3, 0.4) is 0 Å². The number of carbonyl (C=O) groups excluding carboxylic acids is 1. The molecular formula is C15H17N3O2. The molecule has 0 radical (unpaired) electrons. The van der Waals surface area contributed by atoms with Gasteiger partial charge in [-0.05, 0) is 6.07 Å². The number of nitrogens with one attached hydrogen (secondary N) is 1. The summed E-state index contributed by atoms with van der Waals surface area (Å²) in [4.78, 5) is 14.3. The molecule has 1 aromatic heterocycles. The van der Waals surface area contributed by atoms with Crippen molar-refractivity contribution in [1.29, 1.82) is 0 Å².